The first-order chi connectivity index (χ1) is 14.0. The molecule has 5 rings (SSSR count). The predicted molar refractivity (Wildman–Crippen MR) is 110 cm³/mol. The lowest BCUT2D eigenvalue weighted by Crippen LogP contribution is -2.33. The zero-order valence-corrected chi connectivity index (χ0v) is 17.2. The van der Waals surface area contributed by atoms with Crippen molar-refractivity contribution in [3.8, 4) is 11.3 Å². The Labute approximate surface area is 173 Å². The van der Waals surface area contributed by atoms with Gasteiger partial charge in [0.25, 0.3) is 0 Å². The molecule has 0 aromatic carbocycles. The molecule has 0 bridgehead atoms. The van der Waals surface area contributed by atoms with E-state index < -0.39 is 0 Å². The number of halogens is 1. The average Bonchev–Trinajstić information content (AvgIpc) is 3.30. The van der Waals surface area contributed by atoms with E-state index in [1.807, 2.05) is 31.7 Å². The third kappa shape index (κ3) is 2.92. The molecule has 1 aliphatic carbocycles. The number of carbonyl (C=O) groups is 1. The molecular formula is C21H21ClN6O. The van der Waals surface area contributed by atoms with E-state index in [-0.39, 0.29) is 17.9 Å². The summed E-state index contributed by atoms with van der Waals surface area (Å²) in [5.74, 6) is 1.21. The van der Waals surface area contributed by atoms with Gasteiger partial charge in [-0.15, -0.1) is 0 Å². The molecule has 3 atom stereocenters. The number of aromatic nitrogens is 5. The van der Waals surface area contributed by atoms with Crippen molar-refractivity contribution in [3.63, 3.8) is 0 Å². The van der Waals surface area contributed by atoms with Gasteiger partial charge < -0.3 is 0 Å². The van der Waals surface area contributed by atoms with Crippen LogP contribution in [0, 0.1) is 32.6 Å². The number of pyridine rings is 1. The Morgan fingerprint density at radius 1 is 1.21 bits per heavy atom. The summed E-state index contributed by atoms with van der Waals surface area (Å²) >= 11 is 5.98. The number of anilines is 1. The van der Waals surface area contributed by atoms with Gasteiger partial charge >= 0.3 is 0 Å². The van der Waals surface area contributed by atoms with Crippen molar-refractivity contribution >= 4 is 23.3 Å². The first-order valence-electron chi connectivity index (χ1n) is 9.73. The van der Waals surface area contributed by atoms with Crippen molar-refractivity contribution in [1.82, 2.24) is 25.4 Å². The van der Waals surface area contributed by atoms with Crippen LogP contribution < -0.4 is 4.90 Å². The van der Waals surface area contributed by atoms with Gasteiger partial charge in [0.1, 0.15) is 5.15 Å². The van der Waals surface area contributed by atoms with Crippen LogP contribution in [0.2, 0.25) is 5.15 Å². The molecule has 1 aliphatic heterocycles. The summed E-state index contributed by atoms with van der Waals surface area (Å²) in [6.07, 6.45) is 5.17. The van der Waals surface area contributed by atoms with Crippen LogP contribution in [0.15, 0.2) is 24.5 Å². The Balaban J connectivity index is 1.44. The van der Waals surface area contributed by atoms with Gasteiger partial charge in [0.05, 0.1) is 18.1 Å². The largest absolute Gasteiger partial charge is 0.291 e. The van der Waals surface area contributed by atoms with E-state index in [2.05, 4.69) is 25.4 Å². The second kappa shape index (κ2) is 6.62. The van der Waals surface area contributed by atoms with Crippen LogP contribution in [0.5, 0.6) is 0 Å². The second-order valence-corrected chi connectivity index (χ2v) is 8.38. The molecule has 0 radical (unpaired) electrons. The van der Waals surface area contributed by atoms with Crippen LogP contribution in [0.3, 0.4) is 0 Å². The molecule has 1 saturated heterocycles. The highest BCUT2D eigenvalue weighted by molar-refractivity contribution is 6.29. The van der Waals surface area contributed by atoms with E-state index in [0.717, 1.165) is 45.9 Å². The topological polar surface area (TPSA) is 87.7 Å². The van der Waals surface area contributed by atoms with E-state index in [0.29, 0.717) is 17.5 Å². The van der Waals surface area contributed by atoms with E-state index in [9.17, 15) is 4.79 Å². The molecule has 0 spiro atoms. The van der Waals surface area contributed by atoms with E-state index in [1.165, 1.54) is 0 Å². The van der Waals surface area contributed by atoms with E-state index in [4.69, 9.17) is 11.6 Å². The summed E-state index contributed by atoms with van der Waals surface area (Å²) in [6.45, 7) is 5.93. The number of hydrogen-bond donors (Lipinski definition) is 1. The quantitative estimate of drug-likeness (QED) is 0.668. The molecule has 29 heavy (non-hydrogen) atoms. The molecule has 7 nitrogen and oxygen atoms in total. The highest BCUT2D eigenvalue weighted by atomic mass is 35.5. The maximum absolute atomic E-state index is 13.3. The average molecular weight is 409 g/mol. The number of nitrogens with zero attached hydrogens (tertiary/aromatic N) is 5. The van der Waals surface area contributed by atoms with Gasteiger partial charge in [-0.1, -0.05) is 17.7 Å². The number of H-pyrrole nitrogens is 1. The highest BCUT2D eigenvalue weighted by Crippen LogP contribution is 2.52. The summed E-state index contributed by atoms with van der Waals surface area (Å²) in [7, 11) is 0. The van der Waals surface area contributed by atoms with Crippen LogP contribution in [0.25, 0.3) is 11.3 Å². The zero-order chi connectivity index (χ0) is 20.3. The van der Waals surface area contributed by atoms with Crippen LogP contribution in [0.4, 0.5) is 5.82 Å². The minimum Gasteiger partial charge on any atom is -0.291 e. The van der Waals surface area contributed by atoms with Crippen LogP contribution in [-0.4, -0.2) is 37.3 Å². The fourth-order valence-corrected chi connectivity index (χ4v) is 4.69. The Morgan fingerprint density at radius 3 is 2.76 bits per heavy atom. The standard InChI is InChI=1S/C21H21ClN6O/c1-10-8-23-24-9-16(10)19-11(2)20(27-26-19)28-17-7-14(17)15(21(28)29)6-13-4-5-18(22)25-12(13)3/h4-5,8-9,14-15,17H,6-7H2,1-3H3,(H,26,27)/t14-,15+,17-/m0/s1. The summed E-state index contributed by atoms with van der Waals surface area (Å²) in [6, 6.07) is 4.01. The fraction of sp³-hybridized carbons (Fsp3) is 0.381. The maximum atomic E-state index is 13.3. The smallest absolute Gasteiger partial charge is 0.232 e. The Morgan fingerprint density at radius 2 is 2.00 bits per heavy atom. The summed E-state index contributed by atoms with van der Waals surface area (Å²) in [5.41, 5.74) is 5.79. The lowest BCUT2D eigenvalue weighted by molar-refractivity contribution is -0.121. The molecule has 8 heteroatoms. The normalized spacial score (nSPS) is 22.8. The second-order valence-electron chi connectivity index (χ2n) is 8.00. The molecule has 3 aromatic rings. The minimum absolute atomic E-state index is 0.0365. The van der Waals surface area contributed by atoms with Crippen molar-refractivity contribution in [2.45, 2.75) is 39.7 Å². The molecule has 1 saturated carbocycles. The molecule has 2 fully saturated rings. The van der Waals surface area contributed by atoms with Crippen LogP contribution >= 0.6 is 11.6 Å². The SMILES string of the molecule is Cc1cnncc1-c1[nH]nc(N2C(=O)[C@H](Cc3ccc(Cl)nc3C)[C@@H]3C[C@@H]32)c1C. The number of hydrogen-bond acceptors (Lipinski definition) is 5. The molecule has 0 unspecified atom stereocenters. The number of fused-ring (bicyclic) bond motifs is 1. The van der Waals surface area contributed by atoms with Crippen LogP contribution in [0.1, 0.15) is 28.8 Å². The molecule has 1 N–H and O–H groups in total. The number of rotatable bonds is 4. The van der Waals surface area contributed by atoms with E-state index in [1.54, 1.807) is 18.5 Å². The van der Waals surface area contributed by atoms with Gasteiger partial charge in [0.2, 0.25) is 5.91 Å². The van der Waals surface area contributed by atoms with Crippen molar-refractivity contribution in [2.75, 3.05) is 4.90 Å². The number of carbonyl (C=O) groups excluding carboxylic acids is 1. The molecule has 1 amide bonds. The lowest BCUT2D eigenvalue weighted by Gasteiger charge is -2.20. The summed E-state index contributed by atoms with van der Waals surface area (Å²) in [5, 5.41) is 16.0. The molecule has 148 valence electrons. The Kier molecular flexibility index (Phi) is 4.17. The minimum atomic E-state index is -0.0365. The first-order valence-corrected chi connectivity index (χ1v) is 10.1. The number of amides is 1. The monoisotopic (exact) mass is 408 g/mol. The first kappa shape index (κ1) is 18.2. The van der Waals surface area contributed by atoms with Gasteiger partial charge in [-0.2, -0.15) is 15.3 Å². The highest BCUT2D eigenvalue weighted by Gasteiger charge is 2.59. The maximum Gasteiger partial charge on any atom is 0.232 e. The van der Waals surface area contributed by atoms with Crippen molar-refractivity contribution in [2.24, 2.45) is 11.8 Å². The number of aryl methyl sites for hydroxylation is 2. The third-order valence-electron chi connectivity index (χ3n) is 6.22. The number of piperidine rings is 1. The van der Waals surface area contributed by atoms with Crippen molar-refractivity contribution in [1.29, 1.82) is 0 Å². The molecule has 3 aromatic heterocycles. The molecule has 2 aliphatic rings. The van der Waals surface area contributed by atoms with Crippen molar-refractivity contribution in [3.05, 3.63) is 52.1 Å². The number of nitrogens with one attached hydrogen (secondary N) is 1. The van der Waals surface area contributed by atoms with Crippen molar-refractivity contribution < 1.29 is 4.79 Å². The van der Waals surface area contributed by atoms with Gasteiger partial charge in [0.15, 0.2) is 5.82 Å². The zero-order valence-electron chi connectivity index (χ0n) is 16.5. The lowest BCUT2D eigenvalue weighted by atomic mass is 9.94. The van der Waals surface area contributed by atoms with Gasteiger partial charge in [-0.3, -0.25) is 14.8 Å². The van der Waals surface area contributed by atoms with Gasteiger partial charge in [0, 0.05) is 28.8 Å². The van der Waals surface area contributed by atoms with Gasteiger partial charge in [-0.05, 0) is 56.7 Å². The molecular weight excluding hydrogens is 388 g/mol. The van der Waals surface area contributed by atoms with Gasteiger partial charge in [-0.25, -0.2) is 4.98 Å². The fourth-order valence-electron chi connectivity index (χ4n) is 4.50. The number of aromatic amines is 1. The third-order valence-corrected chi connectivity index (χ3v) is 6.43. The van der Waals surface area contributed by atoms with E-state index >= 15 is 0 Å². The summed E-state index contributed by atoms with van der Waals surface area (Å²) in [4.78, 5) is 19.5. The predicted octanol–water partition coefficient (Wildman–Crippen LogP) is 3.43. The summed E-state index contributed by atoms with van der Waals surface area (Å²) < 4.78 is 0. The van der Waals surface area contributed by atoms with Crippen LogP contribution in [-0.2, 0) is 11.2 Å². The Bertz CT molecular complexity index is 1130. The Hall–Kier alpha value is -2.80. The molecule has 4 heterocycles.